The lowest BCUT2D eigenvalue weighted by atomic mass is 10.1. The van der Waals surface area contributed by atoms with Crippen molar-refractivity contribution in [1.82, 2.24) is 0 Å². The number of rotatable bonds is 3. The summed E-state index contributed by atoms with van der Waals surface area (Å²) < 4.78 is 27.9. The molecular weight excluding hydrogens is 162 g/mol. The average molecular weight is 171 g/mol. The van der Waals surface area contributed by atoms with E-state index in [2.05, 4.69) is 10.8 Å². The summed E-state index contributed by atoms with van der Waals surface area (Å²) in [6, 6.07) is 7.49. The van der Waals surface area contributed by atoms with Gasteiger partial charge in [-0.25, -0.2) is 0 Å². The lowest BCUT2D eigenvalue weighted by Crippen LogP contribution is -2.03. The molecule has 1 radical (unpaired) electrons. The van der Waals surface area contributed by atoms with Crippen LogP contribution in [0.2, 0.25) is 0 Å². The van der Waals surface area contributed by atoms with E-state index < -0.39 is 6.61 Å². The highest BCUT2D eigenvalue weighted by molar-refractivity contribution is 5.32. The van der Waals surface area contributed by atoms with Gasteiger partial charge in [-0.05, 0) is 30.2 Å². The maximum atomic E-state index is 11.8. The summed E-state index contributed by atoms with van der Waals surface area (Å²) in [7, 11) is 0. The molecule has 12 heavy (non-hydrogen) atoms. The fourth-order valence-electron chi connectivity index (χ4n) is 0.938. The Balaban J connectivity index is 2.82. The van der Waals surface area contributed by atoms with Gasteiger partial charge in [0, 0.05) is 0 Å². The third kappa shape index (κ3) is 2.19. The van der Waals surface area contributed by atoms with Crippen LogP contribution in [0.5, 0.6) is 5.75 Å². The molecule has 65 valence electrons. The summed E-state index contributed by atoms with van der Waals surface area (Å²) in [5.41, 5.74) is 0.748. The number of benzene rings is 1. The molecule has 0 saturated heterocycles. The van der Waals surface area contributed by atoms with Crippen molar-refractivity contribution in [1.29, 1.82) is 0 Å². The van der Waals surface area contributed by atoms with Gasteiger partial charge in [0.1, 0.15) is 5.75 Å². The first-order valence-electron chi connectivity index (χ1n) is 3.67. The van der Waals surface area contributed by atoms with Crippen LogP contribution in [0.1, 0.15) is 12.5 Å². The first-order valence-corrected chi connectivity index (χ1v) is 3.67. The van der Waals surface area contributed by atoms with Gasteiger partial charge >= 0.3 is 6.61 Å². The summed E-state index contributed by atoms with van der Waals surface area (Å²) >= 11 is 0. The zero-order chi connectivity index (χ0) is 8.97. The zero-order valence-electron chi connectivity index (χ0n) is 6.68. The third-order valence-corrected chi connectivity index (χ3v) is 1.50. The molecule has 0 bridgehead atoms. The van der Waals surface area contributed by atoms with Crippen LogP contribution in [-0.2, 0) is 6.42 Å². The molecule has 0 atom stereocenters. The maximum Gasteiger partial charge on any atom is 0.387 e. The molecule has 1 nitrogen and oxygen atoms in total. The van der Waals surface area contributed by atoms with E-state index in [-0.39, 0.29) is 5.75 Å². The van der Waals surface area contributed by atoms with Crippen LogP contribution in [0.4, 0.5) is 8.78 Å². The Hall–Kier alpha value is -1.12. The minimum atomic E-state index is -2.75. The van der Waals surface area contributed by atoms with Gasteiger partial charge in [-0.1, -0.05) is 13.0 Å². The topological polar surface area (TPSA) is 9.23 Å². The van der Waals surface area contributed by atoms with Gasteiger partial charge in [0.05, 0.1) is 0 Å². The molecule has 0 unspecified atom stereocenters. The average Bonchev–Trinajstić information content (AvgIpc) is 2.04. The van der Waals surface area contributed by atoms with Gasteiger partial charge in [-0.15, -0.1) is 0 Å². The SMILES string of the molecule is CCc1c[c]ccc1OC(F)F. The van der Waals surface area contributed by atoms with Crippen LogP contribution in [0.25, 0.3) is 0 Å². The molecule has 1 aromatic rings. The van der Waals surface area contributed by atoms with Crippen molar-refractivity contribution in [3.8, 4) is 5.75 Å². The minimum Gasteiger partial charge on any atom is -0.435 e. The Kier molecular flexibility index (Phi) is 3.02. The Morgan fingerprint density at radius 1 is 1.58 bits per heavy atom. The molecule has 3 heteroatoms. The van der Waals surface area contributed by atoms with Crippen LogP contribution < -0.4 is 4.74 Å². The zero-order valence-corrected chi connectivity index (χ0v) is 6.68. The number of halogens is 2. The van der Waals surface area contributed by atoms with E-state index in [9.17, 15) is 8.78 Å². The predicted molar refractivity (Wildman–Crippen MR) is 41.3 cm³/mol. The standard InChI is InChI=1S/C9H9F2O/c1-2-7-5-3-4-6-8(7)12-9(10)11/h4-6,9H,2H2,1H3. The number of hydrogen-bond donors (Lipinski definition) is 0. The number of hydrogen-bond acceptors (Lipinski definition) is 1. The van der Waals surface area contributed by atoms with Crippen LogP contribution in [-0.4, -0.2) is 6.61 Å². The number of aryl methyl sites for hydroxylation is 1. The minimum absolute atomic E-state index is 0.242. The Labute approximate surface area is 70.0 Å². The van der Waals surface area contributed by atoms with E-state index in [0.717, 1.165) is 5.56 Å². The molecule has 0 aliphatic heterocycles. The summed E-state index contributed by atoms with van der Waals surface area (Å²) in [6.07, 6.45) is 0.666. The molecule has 0 aliphatic rings. The van der Waals surface area contributed by atoms with Crippen LogP contribution in [0, 0.1) is 6.07 Å². The number of ether oxygens (including phenoxy) is 1. The molecule has 1 rings (SSSR count). The fourth-order valence-corrected chi connectivity index (χ4v) is 0.938. The molecule has 0 aliphatic carbocycles. The van der Waals surface area contributed by atoms with Crippen molar-refractivity contribution < 1.29 is 13.5 Å². The predicted octanol–water partition coefficient (Wildman–Crippen LogP) is 2.65. The van der Waals surface area contributed by atoms with Crippen molar-refractivity contribution in [3.05, 3.63) is 29.8 Å². The second-order valence-corrected chi connectivity index (χ2v) is 2.27. The fraction of sp³-hybridized carbons (Fsp3) is 0.333. The van der Waals surface area contributed by atoms with Gasteiger partial charge in [0.2, 0.25) is 0 Å². The van der Waals surface area contributed by atoms with Crippen molar-refractivity contribution >= 4 is 0 Å². The first-order chi connectivity index (χ1) is 5.74. The van der Waals surface area contributed by atoms with Crippen LogP contribution in [0.15, 0.2) is 18.2 Å². The molecule has 0 amide bonds. The lowest BCUT2D eigenvalue weighted by molar-refractivity contribution is -0.0504. The molecule has 0 spiro atoms. The second-order valence-electron chi connectivity index (χ2n) is 2.27. The van der Waals surface area contributed by atoms with Crippen molar-refractivity contribution in [2.24, 2.45) is 0 Å². The van der Waals surface area contributed by atoms with Gasteiger partial charge in [0.25, 0.3) is 0 Å². The van der Waals surface area contributed by atoms with Gasteiger partial charge < -0.3 is 4.74 Å². The first kappa shape index (κ1) is 8.97. The van der Waals surface area contributed by atoms with Crippen molar-refractivity contribution in [3.63, 3.8) is 0 Å². The highest BCUT2D eigenvalue weighted by atomic mass is 19.3. The van der Waals surface area contributed by atoms with E-state index >= 15 is 0 Å². The summed E-state index contributed by atoms with van der Waals surface area (Å²) in [5, 5.41) is 0. The smallest absolute Gasteiger partial charge is 0.387 e. The summed E-state index contributed by atoms with van der Waals surface area (Å²) in [4.78, 5) is 0. The van der Waals surface area contributed by atoms with E-state index in [4.69, 9.17) is 0 Å². The highest BCUT2D eigenvalue weighted by Crippen LogP contribution is 2.19. The van der Waals surface area contributed by atoms with Crippen LogP contribution in [0.3, 0.4) is 0 Å². The molecule has 0 heterocycles. The maximum absolute atomic E-state index is 11.8. The molecule has 0 saturated carbocycles. The quantitative estimate of drug-likeness (QED) is 0.679. The molecular formula is C9H9F2O. The summed E-state index contributed by atoms with van der Waals surface area (Å²) in [5.74, 6) is 0.242. The Morgan fingerprint density at radius 2 is 2.33 bits per heavy atom. The van der Waals surface area contributed by atoms with E-state index in [1.54, 1.807) is 12.1 Å². The van der Waals surface area contributed by atoms with E-state index in [1.807, 2.05) is 6.92 Å². The molecule has 1 aromatic carbocycles. The van der Waals surface area contributed by atoms with Crippen molar-refractivity contribution in [2.45, 2.75) is 20.0 Å². The molecule has 0 fully saturated rings. The molecule has 0 aromatic heterocycles. The van der Waals surface area contributed by atoms with Crippen molar-refractivity contribution in [2.75, 3.05) is 0 Å². The number of alkyl halides is 2. The monoisotopic (exact) mass is 171 g/mol. The highest BCUT2D eigenvalue weighted by Gasteiger charge is 2.06. The molecule has 0 N–H and O–H groups in total. The van der Waals surface area contributed by atoms with Gasteiger partial charge in [-0.3, -0.25) is 0 Å². The van der Waals surface area contributed by atoms with Gasteiger partial charge in [-0.2, -0.15) is 8.78 Å². The summed E-state index contributed by atoms with van der Waals surface area (Å²) in [6.45, 7) is -0.876. The second kappa shape index (κ2) is 4.04. The van der Waals surface area contributed by atoms with Crippen LogP contribution >= 0.6 is 0 Å². The van der Waals surface area contributed by atoms with E-state index in [1.165, 1.54) is 6.07 Å². The normalized spacial score (nSPS) is 10.3. The van der Waals surface area contributed by atoms with Gasteiger partial charge in [0.15, 0.2) is 0 Å². The lowest BCUT2D eigenvalue weighted by Gasteiger charge is -2.07. The largest absolute Gasteiger partial charge is 0.435 e. The Morgan fingerprint density at radius 3 is 2.92 bits per heavy atom. The Bertz CT molecular complexity index is 248. The third-order valence-electron chi connectivity index (χ3n) is 1.50. The van der Waals surface area contributed by atoms with E-state index in [0.29, 0.717) is 6.42 Å².